The fourth-order valence-electron chi connectivity index (χ4n) is 5.33. The van der Waals surface area contributed by atoms with Crippen LogP contribution < -0.4 is 4.74 Å². The van der Waals surface area contributed by atoms with Gasteiger partial charge in [0.2, 0.25) is 0 Å². The molecular weight excluding hydrogens is 507 g/mol. The lowest BCUT2D eigenvalue weighted by Gasteiger charge is -2.36. The Morgan fingerprint density at radius 3 is 2.52 bits per heavy atom. The minimum Gasteiger partial charge on any atom is -0.491 e. The molecule has 0 atom stereocenters. The lowest BCUT2D eigenvalue weighted by atomic mass is 9.88. The van der Waals surface area contributed by atoms with E-state index in [4.69, 9.17) is 9.84 Å². The Labute approximate surface area is 233 Å². The zero-order valence-electron chi connectivity index (χ0n) is 22.7. The number of hydrogen-bond donors (Lipinski definition) is 0. The van der Waals surface area contributed by atoms with E-state index in [-0.39, 0.29) is 22.9 Å². The van der Waals surface area contributed by atoms with E-state index in [1.807, 2.05) is 43.3 Å². The molecule has 0 saturated heterocycles. The Balaban J connectivity index is 1.64. The van der Waals surface area contributed by atoms with E-state index in [2.05, 4.69) is 0 Å². The second-order valence-corrected chi connectivity index (χ2v) is 10.1. The Bertz CT molecular complexity index is 1540. The van der Waals surface area contributed by atoms with Gasteiger partial charge in [-0.1, -0.05) is 44.4 Å². The summed E-state index contributed by atoms with van der Waals surface area (Å²) in [6.07, 6.45) is 8.58. The van der Waals surface area contributed by atoms with Crippen LogP contribution in [0.4, 0.5) is 4.39 Å². The van der Waals surface area contributed by atoms with Crippen LogP contribution in [0.3, 0.4) is 0 Å². The minimum absolute atomic E-state index is 0.0307. The first kappa shape index (κ1) is 27.1. The molecule has 5 rings (SSSR count). The molecule has 0 bridgehead atoms. The van der Waals surface area contributed by atoms with Crippen molar-refractivity contribution in [1.82, 2.24) is 14.7 Å². The summed E-state index contributed by atoms with van der Waals surface area (Å²) in [6, 6.07) is 15.9. The molecule has 1 fully saturated rings. The molecule has 2 amide bonds. The molecule has 2 aliphatic rings. The van der Waals surface area contributed by atoms with E-state index in [0.717, 1.165) is 44.2 Å². The third-order valence-corrected chi connectivity index (χ3v) is 7.44. The Kier molecular flexibility index (Phi) is 7.92. The van der Waals surface area contributed by atoms with Crippen molar-refractivity contribution < 1.29 is 18.7 Å². The molecule has 1 saturated carbocycles. The highest BCUT2D eigenvalue weighted by molar-refractivity contribution is 6.20. The molecule has 3 aromatic rings. The van der Waals surface area contributed by atoms with Crippen LogP contribution in [-0.2, 0) is 9.59 Å². The molecule has 1 aromatic heterocycles. The Morgan fingerprint density at radius 2 is 1.85 bits per heavy atom. The highest BCUT2D eigenvalue weighted by atomic mass is 19.1. The molecule has 7 nitrogen and oxygen atoms in total. The van der Waals surface area contributed by atoms with Gasteiger partial charge in [-0.25, -0.2) is 9.07 Å². The van der Waals surface area contributed by atoms with Gasteiger partial charge in [0.25, 0.3) is 11.8 Å². The molecule has 0 radical (unpaired) electrons. The molecule has 2 heterocycles. The van der Waals surface area contributed by atoms with Gasteiger partial charge in [-0.05, 0) is 68.2 Å². The van der Waals surface area contributed by atoms with Crippen molar-refractivity contribution in [2.75, 3.05) is 6.61 Å². The molecule has 204 valence electrons. The maximum absolute atomic E-state index is 15.0. The Hall–Kier alpha value is -4.51. The van der Waals surface area contributed by atoms with Crippen molar-refractivity contribution in [3.63, 3.8) is 0 Å². The van der Waals surface area contributed by atoms with E-state index in [1.54, 1.807) is 36.0 Å². The summed E-state index contributed by atoms with van der Waals surface area (Å²) in [5, 5.41) is 14.6. The van der Waals surface area contributed by atoms with Gasteiger partial charge in [-0.15, -0.1) is 0 Å². The number of amides is 2. The van der Waals surface area contributed by atoms with Crippen LogP contribution in [0.25, 0.3) is 23.0 Å². The van der Waals surface area contributed by atoms with Gasteiger partial charge in [0.15, 0.2) is 11.6 Å². The van der Waals surface area contributed by atoms with Crippen molar-refractivity contribution in [2.45, 2.75) is 58.4 Å². The number of hydrogen-bond acceptors (Lipinski definition) is 5. The molecule has 1 aliphatic heterocycles. The second-order valence-electron chi connectivity index (χ2n) is 10.1. The number of rotatable bonds is 7. The quantitative estimate of drug-likeness (QED) is 0.257. The van der Waals surface area contributed by atoms with Crippen molar-refractivity contribution in [3.05, 3.63) is 82.8 Å². The average Bonchev–Trinajstić information content (AvgIpc) is 3.40. The number of nitriles is 1. The lowest BCUT2D eigenvalue weighted by Crippen LogP contribution is -2.49. The van der Waals surface area contributed by atoms with Crippen molar-refractivity contribution in [3.8, 4) is 28.8 Å². The molecule has 0 unspecified atom stereocenters. The maximum Gasteiger partial charge on any atom is 0.271 e. The summed E-state index contributed by atoms with van der Waals surface area (Å²) in [4.78, 5) is 28.3. The SMILES string of the molecule is CCCOc1ccc(-c2nn(-c3ccccc3)cc2/C=C2/C(=O)N(C3CCCCC3)C(=O)C(C#N)=C2C)cc1F. The topological polar surface area (TPSA) is 88.2 Å². The number of imide groups is 1. The normalized spacial score (nSPS) is 17.4. The molecule has 1 aliphatic carbocycles. The molecule has 40 heavy (non-hydrogen) atoms. The van der Waals surface area contributed by atoms with Gasteiger partial charge in [0, 0.05) is 28.9 Å². The highest BCUT2D eigenvalue weighted by Crippen LogP contribution is 2.35. The van der Waals surface area contributed by atoms with E-state index in [0.29, 0.717) is 29.0 Å². The van der Waals surface area contributed by atoms with E-state index in [9.17, 15) is 19.2 Å². The van der Waals surface area contributed by atoms with Crippen LogP contribution >= 0.6 is 0 Å². The summed E-state index contributed by atoms with van der Waals surface area (Å²) in [5.74, 6) is -1.29. The zero-order valence-corrected chi connectivity index (χ0v) is 22.7. The first-order chi connectivity index (χ1) is 19.4. The standard InChI is InChI=1S/C32H31FN4O3/c1-3-16-40-29-15-14-22(18-28(29)33)30-23(20-36(35-30)24-10-6-4-7-11-24)17-26-21(2)27(19-34)32(39)37(31(26)38)25-12-8-5-9-13-25/h4,6-7,10-11,14-15,17-18,20,25H,3,5,8-9,12-13,16H2,1-2H3/b26-17+. The molecule has 2 aromatic carbocycles. The van der Waals surface area contributed by atoms with Crippen LogP contribution in [0.15, 0.2) is 71.4 Å². The number of halogens is 1. The average molecular weight is 539 g/mol. The minimum atomic E-state index is -0.529. The van der Waals surface area contributed by atoms with Gasteiger partial charge in [0.1, 0.15) is 17.3 Å². The predicted octanol–water partition coefficient (Wildman–Crippen LogP) is 6.39. The molecule has 0 N–H and O–H groups in total. The van der Waals surface area contributed by atoms with Crippen LogP contribution in [0.2, 0.25) is 0 Å². The largest absolute Gasteiger partial charge is 0.491 e. The second kappa shape index (κ2) is 11.7. The maximum atomic E-state index is 15.0. The van der Waals surface area contributed by atoms with Gasteiger partial charge < -0.3 is 4.74 Å². The third-order valence-electron chi connectivity index (χ3n) is 7.44. The van der Waals surface area contributed by atoms with Crippen LogP contribution in [0.5, 0.6) is 5.75 Å². The molecule has 8 heteroatoms. The van der Waals surface area contributed by atoms with Crippen molar-refractivity contribution in [1.29, 1.82) is 5.26 Å². The number of carbonyl (C=O) groups excluding carboxylic acids is 2. The number of para-hydroxylation sites is 1. The number of ether oxygens (including phenoxy) is 1. The van der Waals surface area contributed by atoms with Gasteiger partial charge in [0.05, 0.1) is 12.3 Å². The monoisotopic (exact) mass is 538 g/mol. The van der Waals surface area contributed by atoms with Crippen molar-refractivity contribution >= 4 is 17.9 Å². The fourth-order valence-corrected chi connectivity index (χ4v) is 5.33. The highest BCUT2D eigenvalue weighted by Gasteiger charge is 2.40. The van der Waals surface area contributed by atoms with Gasteiger partial charge >= 0.3 is 0 Å². The summed E-state index contributed by atoms with van der Waals surface area (Å²) in [6.45, 7) is 3.98. The smallest absolute Gasteiger partial charge is 0.271 e. The van der Waals surface area contributed by atoms with Crippen LogP contribution in [0.1, 0.15) is 57.9 Å². The Morgan fingerprint density at radius 1 is 1.10 bits per heavy atom. The molecular formula is C32H31FN4O3. The molecule has 0 spiro atoms. The summed E-state index contributed by atoms with van der Waals surface area (Å²) in [5.41, 5.74) is 2.87. The first-order valence-electron chi connectivity index (χ1n) is 13.7. The predicted molar refractivity (Wildman–Crippen MR) is 150 cm³/mol. The fraction of sp³-hybridized carbons (Fsp3) is 0.312. The summed E-state index contributed by atoms with van der Waals surface area (Å²) >= 11 is 0. The van der Waals surface area contributed by atoms with Gasteiger partial charge in [-0.2, -0.15) is 10.4 Å². The number of benzene rings is 2. The number of aromatic nitrogens is 2. The number of nitrogens with zero attached hydrogens (tertiary/aromatic N) is 4. The van der Waals surface area contributed by atoms with E-state index < -0.39 is 17.6 Å². The van der Waals surface area contributed by atoms with E-state index in [1.165, 1.54) is 11.0 Å². The first-order valence-corrected chi connectivity index (χ1v) is 13.7. The van der Waals surface area contributed by atoms with Crippen LogP contribution in [-0.4, -0.2) is 39.1 Å². The van der Waals surface area contributed by atoms with Crippen molar-refractivity contribution in [2.24, 2.45) is 0 Å². The zero-order chi connectivity index (χ0) is 28.2. The summed E-state index contributed by atoms with van der Waals surface area (Å²) in [7, 11) is 0. The number of carbonyl (C=O) groups is 2. The lowest BCUT2D eigenvalue weighted by molar-refractivity contribution is -0.143. The summed E-state index contributed by atoms with van der Waals surface area (Å²) < 4.78 is 22.2. The third kappa shape index (κ3) is 5.20. The van der Waals surface area contributed by atoms with Crippen LogP contribution in [0, 0.1) is 17.1 Å². The van der Waals surface area contributed by atoms with E-state index >= 15 is 0 Å². The van der Waals surface area contributed by atoms with Gasteiger partial charge in [-0.3, -0.25) is 14.5 Å².